The Morgan fingerprint density at radius 1 is 1.04 bits per heavy atom. The van der Waals surface area contributed by atoms with Gasteiger partial charge in [0.1, 0.15) is 0 Å². The Balaban J connectivity index is 0.00000225. The van der Waals surface area contributed by atoms with E-state index >= 15 is 0 Å². The summed E-state index contributed by atoms with van der Waals surface area (Å²) in [6, 6.07) is 9.05. The van der Waals surface area contributed by atoms with Gasteiger partial charge in [0.25, 0.3) is 0 Å². The fourth-order valence-corrected chi connectivity index (χ4v) is 4.68. The van der Waals surface area contributed by atoms with Crippen molar-refractivity contribution in [1.29, 1.82) is 0 Å². The Hall–Kier alpha value is -1.69. The minimum absolute atomic E-state index is 0. The topological polar surface area (TPSA) is 55.0 Å². The summed E-state index contributed by atoms with van der Waals surface area (Å²) < 4.78 is 0. The van der Waals surface area contributed by atoms with Gasteiger partial charge in [-0.25, -0.2) is 0 Å². The number of nitrogens with two attached hydrogens (primary N) is 1. The van der Waals surface area contributed by atoms with Crippen molar-refractivity contribution in [2.45, 2.75) is 44.6 Å². The van der Waals surface area contributed by atoms with Crippen molar-refractivity contribution in [2.75, 3.05) is 19.6 Å². The van der Waals surface area contributed by atoms with Crippen LogP contribution in [-0.4, -0.2) is 34.5 Å². The maximum Gasteiger partial charge on any atom is 0.0607 e. The highest BCUT2D eigenvalue weighted by Gasteiger charge is 2.29. The maximum atomic E-state index is 5.68. The van der Waals surface area contributed by atoms with Crippen LogP contribution in [0.4, 0.5) is 0 Å². The van der Waals surface area contributed by atoms with Crippen molar-refractivity contribution in [1.82, 2.24) is 14.9 Å². The molecule has 1 unspecified atom stereocenters. The van der Waals surface area contributed by atoms with Gasteiger partial charge in [0.05, 0.1) is 11.7 Å². The summed E-state index contributed by atoms with van der Waals surface area (Å²) in [4.78, 5) is 12.1. The first-order valence-corrected chi connectivity index (χ1v) is 10.3. The highest BCUT2D eigenvalue weighted by atomic mass is 32.1. The zero-order chi connectivity index (χ0) is 18.5. The van der Waals surface area contributed by atoms with Gasteiger partial charge < -0.3 is 5.73 Å². The first-order chi connectivity index (χ1) is 13.3. The molecular weight excluding hydrogens is 364 g/mol. The smallest absolute Gasteiger partial charge is 0.0607 e. The molecule has 4 nitrogen and oxygen atoms in total. The number of rotatable bonds is 6. The van der Waals surface area contributed by atoms with Crippen LogP contribution in [0.25, 0.3) is 0 Å². The second-order valence-corrected chi connectivity index (χ2v) is 7.83. The Morgan fingerprint density at radius 3 is 2.71 bits per heavy atom. The summed E-state index contributed by atoms with van der Waals surface area (Å²) in [7, 11) is 0. The third-order valence-electron chi connectivity index (χ3n) is 6.03. The molecule has 0 aliphatic heterocycles. The predicted molar refractivity (Wildman–Crippen MR) is 120 cm³/mol. The van der Waals surface area contributed by atoms with Crippen LogP contribution in [0, 0.1) is 5.92 Å². The quantitative estimate of drug-likeness (QED) is 0.758. The standard InChI is InChI=1S/C23H30N4.H2S/c24-12-1-2-15-27(22-9-3-6-20-8-5-14-26-23(20)22)17-18-10-11-19-7-4-13-25-21(19)16-18;/h1-2,4-5,7-8,13-14,18,22H,3,6,9-12,15-17,24H2;1H2/b2-1-;/t18?,22-;/m0./s1. The van der Waals surface area contributed by atoms with Gasteiger partial charge in [-0.15, -0.1) is 0 Å². The van der Waals surface area contributed by atoms with Gasteiger partial charge in [-0.3, -0.25) is 14.9 Å². The normalized spacial score (nSPS) is 21.2. The summed E-state index contributed by atoms with van der Waals surface area (Å²) >= 11 is 0. The van der Waals surface area contributed by atoms with Crippen LogP contribution in [-0.2, 0) is 19.3 Å². The summed E-state index contributed by atoms with van der Waals surface area (Å²) in [5.74, 6) is 0.660. The third-order valence-corrected chi connectivity index (χ3v) is 6.03. The number of hydrogen-bond acceptors (Lipinski definition) is 4. The van der Waals surface area contributed by atoms with Gasteiger partial charge in [0.2, 0.25) is 0 Å². The average Bonchev–Trinajstić information content (AvgIpc) is 2.73. The van der Waals surface area contributed by atoms with Crippen LogP contribution in [0.2, 0.25) is 0 Å². The van der Waals surface area contributed by atoms with Crippen LogP contribution in [0.1, 0.15) is 47.8 Å². The largest absolute Gasteiger partial charge is 0.327 e. The minimum atomic E-state index is 0. The fraction of sp³-hybridized carbons (Fsp3) is 0.478. The fourth-order valence-electron chi connectivity index (χ4n) is 4.68. The van der Waals surface area contributed by atoms with Gasteiger partial charge in [-0.1, -0.05) is 24.3 Å². The third kappa shape index (κ3) is 4.83. The Bertz CT molecular complexity index is 792. The summed E-state index contributed by atoms with van der Waals surface area (Å²) in [6.45, 7) is 2.66. The molecule has 0 saturated heterocycles. The van der Waals surface area contributed by atoms with E-state index in [0.29, 0.717) is 18.5 Å². The summed E-state index contributed by atoms with van der Waals surface area (Å²) in [5, 5.41) is 0. The number of hydrogen-bond donors (Lipinski definition) is 1. The first-order valence-electron chi connectivity index (χ1n) is 10.3. The molecule has 2 aromatic rings. The van der Waals surface area contributed by atoms with Gasteiger partial charge in [-0.2, -0.15) is 13.5 Å². The molecule has 2 N–H and O–H groups in total. The van der Waals surface area contributed by atoms with E-state index < -0.39 is 0 Å². The molecule has 28 heavy (non-hydrogen) atoms. The lowest BCUT2D eigenvalue weighted by molar-refractivity contribution is 0.157. The van der Waals surface area contributed by atoms with Crippen molar-refractivity contribution in [3.8, 4) is 0 Å². The summed E-state index contributed by atoms with van der Waals surface area (Å²) in [6.07, 6.45) is 15.3. The van der Waals surface area contributed by atoms with Gasteiger partial charge in [0.15, 0.2) is 0 Å². The molecule has 5 heteroatoms. The van der Waals surface area contributed by atoms with Crippen molar-refractivity contribution >= 4 is 13.5 Å². The summed E-state index contributed by atoms with van der Waals surface area (Å²) in [5.41, 5.74) is 11.1. The molecule has 0 saturated carbocycles. The van der Waals surface area contributed by atoms with Crippen molar-refractivity contribution in [2.24, 2.45) is 11.7 Å². The van der Waals surface area contributed by atoms with E-state index in [2.05, 4.69) is 46.3 Å². The van der Waals surface area contributed by atoms with Crippen molar-refractivity contribution in [3.63, 3.8) is 0 Å². The molecule has 2 heterocycles. The van der Waals surface area contributed by atoms with Gasteiger partial charge in [0, 0.05) is 37.7 Å². The maximum absolute atomic E-state index is 5.68. The van der Waals surface area contributed by atoms with E-state index in [-0.39, 0.29) is 13.5 Å². The number of nitrogens with zero attached hydrogens (tertiary/aromatic N) is 3. The molecule has 0 spiro atoms. The number of fused-ring (bicyclic) bond motifs is 2. The molecule has 2 aliphatic rings. The molecule has 0 aromatic carbocycles. The van der Waals surface area contributed by atoms with E-state index in [4.69, 9.17) is 10.7 Å². The molecule has 150 valence electrons. The Kier molecular flexibility index (Phi) is 7.65. The van der Waals surface area contributed by atoms with Gasteiger partial charge in [-0.05, 0) is 67.7 Å². The first kappa shape index (κ1) is 21.0. The van der Waals surface area contributed by atoms with E-state index in [1.807, 2.05) is 12.4 Å². The van der Waals surface area contributed by atoms with Crippen molar-refractivity contribution in [3.05, 3.63) is 71.3 Å². The highest BCUT2D eigenvalue weighted by Crippen LogP contribution is 2.34. The van der Waals surface area contributed by atoms with Crippen LogP contribution in [0.5, 0.6) is 0 Å². The Labute approximate surface area is 175 Å². The van der Waals surface area contributed by atoms with E-state index in [1.54, 1.807) is 0 Å². The average molecular weight is 397 g/mol. The van der Waals surface area contributed by atoms with Crippen LogP contribution < -0.4 is 5.73 Å². The monoisotopic (exact) mass is 396 g/mol. The molecule has 0 bridgehead atoms. The zero-order valence-corrected chi connectivity index (χ0v) is 17.6. The SMILES string of the molecule is NC/C=C\CN(CC1CCc2cccnc2C1)[C@H]1CCCc2cccnc21.S. The molecule has 0 fully saturated rings. The van der Waals surface area contributed by atoms with Crippen LogP contribution in [0.3, 0.4) is 0 Å². The van der Waals surface area contributed by atoms with E-state index in [9.17, 15) is 0 Å². The lowest BCUT2D eigenvalue weighted by atomic mass is 9.85. The van der Waals surface area contributed by atoms with Crippen LogP contribution >= 0.6 is 13.5 Å². The highest BCUT2D eigenvalue weighted by molar-refractivity contribution is 7.59. The van der Waals surface area contributed by atoms with Gasteiger partial charge >= 0.3 is 0 Å². The molecule has 0 amide bonds. The van der Waals surface area contributed by atoms with E-state index in [1.165, 1.54) is 41.8 Å². The molecular formula is C23H32N4S. The predicted octanol–water partition coefficient (Wildman–Crippen LogP) is 3.59. The van der Waals surface area contributed by atoms with Crippen LogP contribution in [0.15, 0.2) is 48.8 Å². The number of aryl methyl sites for hydroxylation is 2. The zero-order valence-electron chi connectivity index (χ0n) is 16.6. The molecule has 2 atom stereocenters. The lowest BCUT2D eigenvalue weighted by Crippen LogP contribution is -2.37. The molecule has 4 rings (SSSR count). The Morgan fingerprint density at radius 2 is 1.86 bits per heavy atom. The molecule has 2 aliphatic carbocycles. The number of aromatic nitrogens is 2. The minimum Gasteiger partial charge on any atom is -0.327 e. The van der Waals surface area contributed by atoms with E-state index in [0.717, 1.165) is 32.4 Å². The molecule has 2 aromatic heterocycles. The second kappa shape index (κ2) is 10.2. The number of pyridine rings is 2. The lowest BCUT2D eigenvalue weighted by Gasteiger charge is -2.37. The van der Waals surface area contributed by atoms with Crippen molar-refractivity contribution < 1.29 is 0 Å². The second-order valence-electron chi connectivity index (χ2n) is 7.83. The molecule has 0 radical (unpaired) electrons.